The first kappa shape index (κ1) is 38.5. The highest BCUT2D eigenvalue weighted by Crippen LogP contribution is 2.54. The van der Waals surface area contributed by atoms with Crippen LogP contribution in [0.3, 0.4) is 0 Å². The molecule has 1 nitrogen and oxygen atoms in total. The maximum Gasteiger partial charge on any atom is 0.0467 e. The van der Waals surface area contributed by atoms with Gasteiger partial charge in [-0.05, 0) is 149 Å². The normalized spacial score (nSPS) is 15.1. The van der Waals surface area contributed by atoms with E-state index in [1.54, 1.807) is 0 Å². The van der Waals surface area contributed by atoms with Gasteiger partial charge in [0.1, 0.15) is 0 Å². The van der Waals surface area contributed by atoms with Gasteiger partial charge in [0.15, 0.2) is 0 Å². The molecule has 0 amide bonds. The Bertz CT molecular complexity index is 3210. The third-order valence-electron chi connectivity index (χ3n) is 15.1. The molecule has 0 N–H and O–H groups in total. The third kappa shape index (κ3) is 5.63. The molecule has 0 aliphatic heterocycles. The van der Waals surface area contributed by atoms with Crippen molar-refractivity contribution in [3.63, 3.8) is 0 Å². The average molecular weight is 822 g/mol. The fraction of sp³-hybridized carbons (Fsp3) is 0.143. The van der Waals surface area contributed by atoms with Gasteiger partial charge in [0.2, 0.25) is 0 Å². The highest BCUT2D eigenvalue weighted by molar-refractivity contribution is 5.94. The van der Waals surface area contributed by atoms with Crippen LogP contribution in [-0.4, -0.2) is 0 Å². The fourth-order valence-electron chi connectivity index (χ4n) is 11.7. The molecule has 64 heavy (non-hydrogen) atoms. The van der Waals surface area contributed by atoms with E-state index in [9.17, 15) is 0 Å². The summed E-state index contributed by atoms with van der Waals surface area (Å²) in [4.78, 5) is 2.43. The lowest BCUT2D eigenvalue weighted by atomic mass is 9.82. The van der Waals surface area contributed by atoms with E-state index in [1.165, 1.54) is 100 Å². The monoisotopic (exact) mass is 821 g/mol. The molecule has 12 rings (SSSR count). The SMILES string of the molecule is CC1(C)c2ccccc2-c2cc(-c3cccc(N(c4ccc(-c5cccc6c5-c5ccccc5C6(C)C)cc4)c4cccc(-c5ccc6c(c5)-c5ccccc5C6(C)C)c4)c3)ccc21. The Labute approximate surface area is 378 Å². The second-order valence-electron chi connectivity index (χ2n) is 19.7. The molecule has 3 aliphatic carbocycles. The number of anilines is 3. The zero-order valence-corrected chi connectivity index (χ0v) is 37.5. The molecule has 9 aromatic rings. The van der Waals surface area contributed by atoms with E-state index >= 15 is 0 Å². The summed E-state index contributed by atoms with van der Waals surface area (Å²) in [5, 5.41) is 0. The van der Waals surface area contributed by atoms with Crippen LogP contribution in [0, 0.1) is 0 Å². The molecule has 1 heteroatoms. The minimum atomic E-state index is -0.0500. The van der Waals surface area contributed by atoms with Crippen LogP contribution in [0.2, 0.25) is 0 Å². The number of hydrogen-bond acceptors (Lipinski definition) is 1. The first-order valence-corrected chi connectivity index (χ1v) is 22.8. The van der Waals surface area contributed by atoms with Gasteiger partial charge in [-0.1, -0.05) is 193 Å². The summed E-state index contributed by atoms with van der Waals surface area (Å²) >= 11 is 0. The van der Waals surface area contributed by atoms with E-state index in [0.717, 1.165) is 17.1 Å². The van der Waals surface area contributed by atoms with Gasteiger partial charge >= 0.3 is 0 Å². The summed E-state index contributed by atoms with van der Waals surface area (Å²) < 4.78 is 0. The predicted molar refractivity (Wildman–Crippen MR) is 270 cm³/mol. The Hall–Kier alpha value is -7.22. The molecular weight excluding hydrogens is 771 g/mol. The van der Waals surface area contributed by atoms with Crippen LogP contribution in [-0.2, 0) is 16.2 Å². The Balaban J connectivity index is 0.982. The molecule has 0 atom stereocenters. The second-order valence-corrected chi connectivity index (χ2v) is 19.7. The first-order chi connectivity index (χ1) is 31.0. The molecular formula is C63H51N. The van der Waals surface area contributed by atoms with E-state index < -0.39 is 0 Å². The van der Waals surface area contributed by atoms with E-state index in [1.807, 2.05) is 0 Å². The molecule has 308 valence electrons. The molecule has 3 aliphatic rings. The van der Waals surface area contributed by atoms with E-state index in [2.05, 4.69) is 247 Å². The van der Waals surface area contributed by atoms with Crippen molar-refractivity contribution in [1.29, 1.82) is 0 Å². The van der Waals surface area contributed by atoms with Gasteiger partial charge in [0.25, 0.3) is 0 Å². The number of rotatable bonds is 6. The summed E-state index contributed by atoms with van der Waals surface area (Å²) in [5.41, 5.74) is 27.0. The quantitative estimate of drug-likeness (QED) is 0.161. The van der Waals surface area contributed by atoms with Crippen LogP contribution in [0.25, 0.3) is 66.8 Å². The first-order valence-electron chi connectivity index (χ1n) is 22.8. The largest absolute Gasteiger partial charge is 0.310 e. The molecule has 0 bridgehead atoms. The van der Waals surface area contributed by atoms with Gasteiger partial charge in [-0.25, -0.2) is 0 Å². The van der Waals surface area contributed by atoms with Crippen molar-refractivity contribution in [2.24, 2.45) is 0 Å². The lowest BCUT2D eigenvalue weighted by Crippen LogP contribution is -2.14. The van der Waals surface area contributed by atoms with Crippen molar-refractivity contribution in [2.75, 3.05) is 4.90 Å². The van der Waals surface area contributed by atoms with Crippen LogP contribution in [0.5, 0.6) is 0 Å². The topological polar surface area (TPSA) is 3.24 Å². The molecule has 0 fully saturated rings. The van der Waals surface area contributed by atoms with Gasteiger partial charge < -0.3 is 4.90 Å². The molecule has 0 saturated carbocycles. The molecule has 0 radical (unpaired) electrons. The van der Waals surface area contributed by atoms with E-state index in [-0.39, 0.29) is 16.2 Å². The van der Waals surface area contributed by atoms with E-state index in [0.29, 0.717) is 0 Å². The zero-order valence-electron chi connectivity index (χ0n) is 37.5. The van der Waals surface area contributed by atoms with Crippen molar-refractivity contribution in [3.8, 4) is 66.8 Å². The Morgan fingerprint density at radius 3 is 1.16 bits per heavy atom. The minimum Gasteiger partial charge on any atom is -0.310 e. The van der Waals surface area contributed by atoms with Gasteiger partial charge in [-0.3, -0.25) is 0 Å². The maximum atomic E-state index is 2.43. The highest BCUT2D eigenvalue weighted by atomic mass is 15.1. The Morgan fingerprint density at radius 2 is 0.625 bits per heavy atom. The average Bonchev–Trinajstić information content (AvgIpc) is 3.81. The van der Waals surface area contributed by atoms with Gasteiger partial charge in [0.05, 0.1) is 0 Å². The minimum absolute atomic E-state index is 0.0296. The standard InChI is InChI=1S/C63H51N/c1-61(2)54-24-10-7-20-49(54)52-38-43(30-34-57(52)61)41-16-13-18-46(36-41)64(45-32-28-40(29-33-45)48-23-15-27-59-60(48)51-22-9-12-26-56(51)63(59,5)6)47-19-14-17-42(37-47)44-31-35-58-53(39-44)50-21-8-11-25-55(50)62(58,3)4/h7-39H,1-6H3. The number of benzene rings is 9. The lowest BCUT2D eigenvalue weighted by molar-refractivity contribution is 0.660. The van der Waals surface area contributed by atoms with Crippen LogP contribution in [0.1, 0.15) is 74.9 Å². The van der Waals surface area contributed by atoms with Crippen LogP contribution < -0.4 is 4.90 Å². The number of hydrogen-bond donors (Lipinski definition) is 0. The second kappa shape index (κ2) is 13.9. The maximum absolute atomic E-state index is 2.43. The van der Waals surface area contributed by atoms with Crippen molar-refractivity contribution in [2.45, 2.75) is 57.8 Å². The highest BCUT2D eigenvalue weighted by Gasteiger charge is 2.38. The van der Waals surface area contributed by atoms with Crippen molar-refractivity contribution in [3.05, 3.63) is 234 Å². The molecule has 0 aromatic heterocycles. The fourth-order valence-corrected chi connectivity index (χ4v) is 11.7. The summed E-state index contributed by atoms with van der Waals surface area (Å²) in [6, 6.07) is 75.2. The van der Waals surface area contributed by atoms with Crippen molar-refractivity contribution in [1.82, 2.24) is 0 Å². The third-order valence-corrected chi connectivity index (χ3v) is 15.1. The number of nitrogens with zero attached hydrogens (tertiary/aromatic N) is 1. The van der Waals surface area contributed by atoms with Crippen LogP contribution in [0.4, 0.5) is 17.1 Å². The molecule has 0 saturated heterocycles. The molecule has 0 unspecified atom stereocenters. The summed E-state index contributed by atoms with van der Waals surface area (Å²) in [5.74, 6) is 0. The summed E-state index contributed by atoms with van der Waals surface area (Å²) in [7, 11) is 0. The predicted octanol–water partition coefficient (Wildman–Crippen LogP) is 17.1. The van der Waals surface area contributed by atoms with Crippen LogP contribution >= 0.6 is 0 Å². The summed E-state index contributed by atoms with van der Waals surface area (Å²) in [6.07, 6.45) is 0. The molecule has 0 heterocycles. The molecule has 9 aromatic carbocycles. The smallest absolute Gasteiger partial charge is 0.0467 e. The van der Waals surface area contributed by atoms with Gasteiger partial charge in [-0.15, -0.1) is 0 Å². The zero-order chi connectivity index (χ0) is 43.5. The van der Waals surface area contributed by atoms with Crippen LogP contribution in [0.15, 0.2) is 200 Å². The summed E-state index contributed by atoms with van der Waals surface area (Å²) in [6.45, 7) is 14.1. The van der Waals surface area contributed by atoms with E-state index in [4.69, 9.17) is 0 Å². The Morgan fingerprint density at radius 1 is 0.250 bits per heavy atom. The molecule has 0 spiro atoms. The number of fused-ring (bicyclic) bond motifs is 9. The van der Waals surface area contributed by atoms with Crippen molar-refractivity contribution < 1.29 is 0 Å². The Kier molecular flexibility index (Phi) is 8.35. The van der Waals surface area contributed by atoms with Crippen molar-refractivity contribution >= 4 is 17.1 Å². The van der Waals surface area contributed by atoms with Gasteiger partial charge in [0, 0.05) is 33.3 Å². The van der Waals surface area contributed by atoms with Gasteiger partial charge in [-0.2, -0.15) is 0 Å². The lowest BCUT2D eigenvalue weighted by Gasteiger charge is -2.27.